The Kier molecular flexibility index (Phi) is 6.18. The predicted molar refractivity (Wildman–Crippen MR) is 85.1 cm³/mol. The van der Waals surface area contributed by atoms with Crippen molar-refractivity contribution in [3.05, 3.63) is 30.1 Å². The van der Waals surface area contributed by atoms with E-state index >= 15 is 0 Å². The van der Waals surface area contributed by atoms with Crippen LogP contribution in [0.1, 0.15) is 37.8 Å². The Balaban J connectivity index is 1.80. The molecule has 1 aliphatic rings. The van der Waals surface area contributed by atoms with Gasteiger partial charge < -0.3 is 9.80 Å². The van der Waals surface area contributed by atoms with Crippen molar-refractivity contribution in [3.63, 3.8) is 0 Å². The number of rotatable bonds is 6. The molecule has 0 spiro atoms. The van der Waals surface area contributed by atoms with Crippen LogP contribution >= 0.6 is 0 Å². The van der Waals surface area contributed by atoms with Crippen LogP contribution in [0.5, 0.6) is 0 Å². The average molecular weight is 289 g/mol. The molecule has 0 N–H and O–H groups in total. The Morgan fingerprint density at radius 2 is 2.24 bits per heavy atom. The Morgan fingerprint density at radius 1 is 1.38 bits per heavy atom. The van der Waals surface area contributed by atoms with E-state index in [1.54, 1.807) is 0 Å². The quantitative estimate of drug-likeness (QED) is 0.806. The molecule has 0 saturated carbocycles. The van der Waals surface area contributed by atoms with Gasteiger partial charge in [0.25, 0.3) is 0 Å². The lowest BCUT2D eigenvalue weighted by molar-refractivity contribution is -0.135. The largest absolute Gasteiger partial charge is 0.338 e. The van der Waals surface area contributed by atoms with Gasteiger partial charge in [-0.05, 0) is 58.3 Å². The first-order valence-electron chi connectivity index (χ1n) is 8.01. The van der Waals surface area contributed by atoms with E-state index in [0.717, 1.165) is 44.5 Å². The maximum absolute atomic E-state index is 12.5. The molecule has 1 aromatic rings. The van der Waals surface area contributed by atoms with E-state index in [0.29, 0.717) is 18.4 Å². The minimum atomic E-state index is 0.317. The lowest BCUT2D eigenvalue weighted by atomic mass is 10.0. The van der Waals surface area contributed by atoms with Gasteiger partial charge in [-0.3, -0.25) is 9.78 Å². The summed E-state index contributed by atoms with van der Waals surface area (Å²) >= 11 is 0. The third kappa shape index (κ3) is 5.12. The molecule has 21 heavy (non-hydrogen) atoms. The SMILES string of the molecule is CN(C)CC1CCCCN1C(=O)CCCc1ccccn1. The molecule has 0 bridgehead atoms. The first-order valence-corrected chi connectivity index (χ1v) is 8.01. The summed E-state index contributed by atoms with van der Waals surface area (Å²) in [5, 5.41) is 0. The average Bonchev–Trinajstić information content (AvgIpc) is 2.48. The molecule has 1 amide bonds. The molecule has 116 valence electrons. The fraction of sp³-hybridized carbons (Fsp3) is 0.647. The maximum atomic E-state index is 12.5. The molecule has 1 atom stereocenters. The van der Waals surface area contributed by atoms with Crippen molar-refractivity contribution in [2.45, 2.75) is 44.6 Å². The summed E-state index contributed by atoms with van der Waals surface area (Å²) in [5.41, 5.74) is 1.08. The molecule has 1 saturated heterocycles. The van der Waals surface area contributed by atoms with Gasteiger partial charge in [-0.2, -0.15) is 0 Å². The highest BCUT2D eigenvalue weighted by molar-refractivity contribution is 5.76. The van der Waals surface area contributed by atoms with Crippen molar-refractivity contribution < 1.29 is 4.79 Å². The second-order valence-electron chi connectivity index (χ2n) is 6.17. The van der Waals surface area contributed by atoms with Crippen molar-refractivity contribution in [1.29, 1.82) is 0 Å². The summed E-state index contributed by atoms with van der Waals surface area (Å²) in [5.74, 6) is 0.317. The highest BCUT2D eigenvalue weighted by Crippen LogP contribution is 2.19. The molecule has 1 aromatic heterocycles. The number of nitrogens with zero attached hydrogens (tertiary/aromatic N) is 3. The predicted octanol–water partition coefficient (Wildman–Crippen LogP) is 2.35. The number of likely N-dealkylation sites (N-methyl/N-ethyl adjacent to an activating group) is 1. The third-order valence-corrected chi connectivity index (χ3v) is 4.07. The van der Waals surface area contributed by atoms with Crippen LogP contribution in [0, 0.1) is 0 Å². The van der Waals surface area contributed by atoms with Crippen LogP contribution in [0.3, 0.4) is 0 Å². The van der Waals surface area contributed by atoms with Gasteiger partial charge in [0, 0.05) is 37.4 Å². The zero-order valence-corrected chi connectivity index (χ0v) is 13.3. The number of amides is 1. The Labute approximate surface area is 128 Å². The van der Waals surface area contributed by atoms with Gasteiger partial charge in [-0.25, -0.2) is 0 Å². The van der Waals surface area contributed by atoms with Crippen LogP contribution in [-0.2, 0) is 11.2 Å². The second kappa shape index (κ2) is 8.13. The van der Waals surface area contributed by atoms with Crippen LogP contribution in [-0.4, -0.2) is 53.9 Å². The van der Waals surface area contributed by atoms with E-state index < -0.39 is 0 Å². The van der Waals surface area contributed by atoms with Crippen LogP contribution in [0.2, 0.25) is 0 Å². The molecule has 2 heterocycles. The van der Waals surface area contributed by atoms with Crippen LogP contribution < -0.4 is 0 Å². The summed E-state index contributed by atoms with van der Waals surface area (Å²) in [6, 6.07) is 6.35. The van der Waals surface area contributed by atoms with Crippen molar-refractivity contribution in [1.82, 2.24) is 14.8 Å². The van der Waals surface area contributed by atoms with Crippen LogP contribution in [0.25, 0.3) is 0 Å². The number of carbonyl (C=O) groups is 1. The number of hydrogen-bond donors (Lipinski definition) is 0. The standard InChI is InChI=1S/C17H27N3O/c1-19(2)14-16-10-4-6-13-20(16)17(21)11-7-9-15-8-3-5-12-18-15/h3,5,8,12,16H,4,6-7,9-11,13-14H2,1-2H3. The van der Waals surface area contributed by atoms with Crippen LogP contribution in [0.15, 0.2) is 24.4 Å². The molecule has 1 aliphatic heterocycles. The maximum Gasteiger partial charge on any atom is 0.222 e. The third-order valence-electron chi connectivity index (χ3n) is 4.07. The molecule has 2 rings (SSSR count). The molecule has 1 unspecified atom stereocenters. The van der Waals surface area contributed by atoms with Crippen molar-refractivity contribution in [2.75, 3.05) is 27.2 Å². The number of aromatic nitrogens is 1. The summed E-state index contributed by atoms with van der Waals surface area (Å²) in [4.78, 5) is 21.1. The monoisotopic (exact) mass is 289 g/mol. The molecular formula is C17H27N3O. The van der Waals surface area contributed by atoms with E-state index in [1.165, 1.54) is 6.42 Å². The minimum Gasteiger partial charge on any atom is -0.338 e. The first kappa shape index (κ1) is 16.0. The van der Waals surface area contributed by atoms with Crippen molar-refractivity contribution in [2.24, 2.45) is 0 Å². The number of piperidine rings is 1. The smallest absolute Gasteiger partial charge is 0.222 e. The second-order valence-corrected chi connectivity index (χ2v) is 6.17. The normalized spacial score (nSPS) is 19.0. The zero-order valence-electron chi connectivity index (χ0n) is 13.3. The Hall–Kier alpha value is -1.42. The Bertz CT molecular complexity index is 433. The van der Waals surface area contributed by atoms with Crippen molar-refractivity contribution >= 4 is 5.91 Å². The molecule has 4 nitrogen and oxygen atoms in total. The van der Waals surface area contributed by atoms with Gasteiger partial charge in [-0.1, -0.05) is 6.07 Å². The van der Waals surface area contributed by atoms with Crippen molar-refractivity contribution in [3.8, 4) is 0 Å². The summed E-state index contributed by atoms with van der Waals surface area (Å²) in [6.07, 6.45) is 7.77. The molecule has 4 heteroatoms. The van der Waals surface area contributed by atoms with Crippen LogP contribution in [0.4, 0.5) is 0 Å². The molecule has 1 fully saturated rings. The van der Waals surface area contributed by atoms with E-state index in [1.807, 2.05) is 24.4 Å². The van der Waals surface area contributed by atoms with E-state index in [9.17, 15) is 4.79 Å². The van der Waals surface area contributed by atoms with Gasteiger partial charge >= 0.3 is 0 Å². The molecule has 0 radical (unpaired) electrons. The topological polar surface area (TPSA) is 36.4 Å². The number of aryl methyl sites for hydroxylation is 1. The van der Waals surface area contributed by atoms with E-state index in [4.69, 9.17) is 0 Å². The highest BCUT2D eigenvalue weighted by Gasteiger charge is 2.26. The van der Waals surface area contributed by atoms with Gasteiger partial charge in [0.2, 0.25) is 5.91 Å². The lowest BCUT2D eigenvalue weighted by Crippen LogP contribution is -2.48. The zero-order chi connectivity index (χ0) is 15.1. The Morgan fingerprint density at radius 3 is 2.95 bits per heavy atom. The molecule has 0 aliphatic carbocycles. The molecule has 0 aromatic carbocycles. The van der Waals surface area contributed by atoms with Gasteiger partial charge in [0.05, 0.1) is 0 Å². The lowest BCUT2D eigenvalue weighted by Gasteiger charge is -2.37. The van der Waals surface area contributed by atoms with Gasteiger partial charge in [0.15, 0.2) is 0 Å². The van der Waals surface area contributed by atoms with Gasteiger partial charge in [-0.15, -0.1) is 0 Å². The highest BCUT2D eigenvalue weighted by atomic mass is 16.2. The summed E-state index contributed by atoms with van der Waals surface area (Å²) in [6.45, 7) is 1.91. The number of carbonyl (C=O) groups excluding carboxylic acids is 1. The van der Waals surface area contributed by atoms with Gasteiger partial charge in [0.1, 0.15) is 0 Å². The first-order chi connectivity index (χ1) is 10.2. The summed E-state index contributed by atoms with van der Waals surface area (Å²) < 4.78 is 0. The minimum absolute atomic E-state index is 0.317. The fourth-order valence-electron chi connectivity index (χ4n) is 3.05. The number of likely N-dealkylation sites (tertiary alicyclic amines) is 1. The number of hydrogen-bond acceptors (Lipinski definition) is 3. The fourth-order valence-corrected chi connectivity index (χ4v) is 3.05. The van der Waals surface area contributed by atoms with E-state index in [2.05, 4.69) is 28.9 Å². The van der Waals surface area contributed by atoms with E-state index in [-0.39, 0.29) is 0 Å². The molecular weight excluding hydrogens is 262 g/mol. The summed E-state index contributed by atoms with van der Waals surface area (Å²) in [7, 11) is 4.16. The number of pyridine rings is 1.